The number of carbonyl (C=O) groups is 2. The second kappa shape index (κ2) is 40.3. The molecule has 286 valence electrons. The molecule has 0 aromatic heterocycles. The summed E-state index contributed by atoms with van der Waals surface area (Å²) >= 11 is 0. The zero-order valence-electron chi connectivity index (χ0n) is 32.5. The molecular weight excluding hydrogens is 596 g/mol. The minimum atomic E-state index is -0.761. The van der Waals surface area contributed by atoms with Crippen molar-refractivity contribution in [1.82, 2.24) is 0 Å². The van der Waals surface area contributed by atoms with Crippen LogP contribution in [0.25, 0.3) is 0 Å². The molecule has 0 radical (unpaired) electrons. The molecule has 0 heterocycles. The lowest BCUT2D eigenvalue weighted by molar-refractivity contribution is -0.161. The van der Waals surface area contributed by atoms with Gasteiger partial charge < -0.3 is 14.6 Å². The first-order chi connectivity index (χ1) is 23.6. The fourth-order valence-corrected chi connectivity index (χ4v) is 6.62. The van der Waals surface area contributed by atoms with Crippen molar-refractivity contribution in [2.75, 3.05) is 13.2 Å². The summed E-state index contributed by atoms with van der Waals surface area (Å²) in [4.78, 5) is 24.3. The number of hydrogen-bond acceptors (Lipinski definition) is 5. The lowest BCUT2D eigenvalue weighted by atomic mass is 10.0. The van der Waals surface area contributed by atoms with Crippen LogP contribution in [0, 0.1) is 0 Å². The highest BCUT2D eigenvalue weighted by atomic mass is 16.6. The normalized spacial score (nSPS) is 12.0. The number of aliphatic hydroxyl groups is 1. The average molecular weight is 681 g/mol. The van der Waals surface area contributed by atoms with Gasteiger partial charge in [0.25, 0.3) is 0 Å². The van der Waals surface area contributed by atoms with E-state index in [4.69, 9.17) is 9.47 Å². The van der Waals surface area contributed by atoms with E-state index in [1.807, 2.05) is 0 Å². The van der Waals surface area contributed by atoms with Crippen molar-refractivity contribution in [2.24, 2.45) is 0 Å². The van der Waals surface area contributed by atoms with Crippen LogP contribution in [0.4, 0.5) is 0 Å². The van der Waals surface area contributed by atoms with Crippen LogP contribution in [-0.2, 0) is 19.1 Å². The van der Waals surface area contributed by atoms with Crippen molar-refractivity contribution in [2.45, 2.75) is 251 Å². The lowest BCUT2D eigenvalue weighted by Gasteiger charge is -2.15. The highest BCUT2D eigenvalue weighted by Crippen LogP contribution is 2.16. The Labute approximate surface area is 299 Å². The summed E-state index contributed by atoms with van der Waals surface area (Å²) in [5.41, 5.74) is 0. The Bertz CT molecular complexity index is 651. The SMILES string of the molecule is CCCCCCCCCCCCCCCCCCCCCCCC(=O)OC[C@H](CO)OC(=O)CCCCCCCCCCCCCCC. The first kappa shape index (κ1) is 46.9. The van der Waals surface area contributed by atoms with Gasteiger partial charge in [0.1, 0.15) is 6.61 Å². The molecule has 5 heteroatoms. The molecule has 0 bridgehead atoms. The van der Waals surface area contributed by atoms with E-state index in [2.05, 4.69) is 13.8 Å². The highest BCUT2D eigenvalue weighted by Gasteiger charge is 2.16. The molecule has 0 unspecified atom stereocenters. The Morgan fingerprint density at radius 1 is 0.396 bits per heavy atom. The van der Waals surface area contributed by atoms with Gasteiger partial charge in [-0.1, -0.05) is 219 Å². The van der Waals surface area contributed by atoms with E-state index in [9.17, 15) is 14.7 Å². The van der Waals surface area contributed by atoms with Crippen molar-refractivity contribution in [3.05, 3.63) is 0 Å². The molecule has 0 amide bonds. The van der Waals surface area contributed by atoms with Gasteiger partial charge in [-0.3, -0.25) is 9.59 Å². The molecule has 0 fully saturated rings. The fourth-order valence-electron chi connectivity index (χ4n) is 6.62. The Morgan fingerprint density at radius 2 is 0.646 bits per heavy atom. The topological polar surface area (TPSA) is 72.8 Å². The van der Waals surface area contributed by atoms with Gasteiger partial charge in [0.05, 0.1) is 6.61 Å². The predicted molar refractivity (Wildman–Crippen MR) is 205 cm³/mol. The Morgan fingerprint density at radius 3 is 0.917 bits per heavy atom. The number of carbonyl (C=O) groups excluding carboxylic acids is 2. The van der Waals surface area contributed by atoms with Crippen LogP contribution in [0.15, 0.2) is 0 Å². The number of hydrogen-bond donors (Lipinski definition) is 1. The molecule has 5 nitrogen and oxygen atoms in total. The van der Waals surface area contributed by atoms with Gasteiger partial charge in [0, 0.05) is 12.8 Å². The second-order valence-electron chi connectivity index (χ2n) is 14.8. The number of rotatable bonds is 40. The Balaban J connectivity index is 3.44. The first-order valence-electron chi connectivity index (χ1n) is 21.6. The quantitative estimate of drug-likeness (QED) is 0.0515. The molecule has 48 heavy (non-hydrogen) atoms. The van der Waals surface area contributed by atoms with Crippen molar-refractivity contribution in [1.29, 1.82) is 0 Å². The Hall–Kier alpha value is -1.10. The third-order valence-corrected chi connectivity index (χ3v) is 9.90. The minimum Gasteiger partial charge on any atom is -0.462 e. The maximum Gasteiger partial charge on any atom is 0.306 e. The van der Waals surface area contributed by atoms with Crippen molar-refractivity contribution in [3.8, 4) is 0 Å². The van der Waals surface area contributed by atoms with Crippen LogP contribution < -0.4 is 0 Å². The van der Waals surface area contributed by atoms with Crippen LogP contribution >= 0.6 is 0 Å². The van der Waals surface area contributed by atoms with Gasteiger partial charge in [-0.05, 0) is 12.8 Å². The molecule has 0 saturated carbocycles. The Kier molecular flexibility index (Phi) is 39.4. The zero-order chi connectivity index (χ0) is 35.0. The molecule has 0 spiro atoms. The molecule has 1 N–H and O–H groups in total. The van der Waals surface area contributed by atoms with E-state index in [0.29, 0.717) is 12.8 Å². The summed E-state index contributed by atoms with van der Waals surface area (Å²) in [7, 11) is 0. The summed E-state index contributed by atoms with van der Waals surface area (Å²) in [6, 6.07) is 0. The van der Waals surface area contributed by atoms with Crippen LogP contribution in [0.3, 0.4) is 0 Å². The third-order valence-electron chi connectivity index (χ3n) is 9.90. The maximum absolute atomic E-state index is 12.2. The van der Waals surface area contributed by atoms with Crippen LogP contribution in [-0.4, -0.2) is 36.4 Å². The molecule has 0 aromatic rings. The average Bonchev–Trinajstić information content (AvgIpc) is 3.09. The van der Waals surface area contributed by atoms with E-state index in [-0.39, 0.29) is 25.2 Å². The monoisotopic (exact) mass is 681 g/mol. The number of esters is 2. The molecule has 0 aromatic carbocycles. The third kappa shape index (κ3) is 37.7. The van der Waals surface area contributed by atoms with Crippen LogP contribution in [0.1, 0.15) is 245 Å². The van der Waals surface area contributed by atoms with Gasteiger partial charge in [-0.2, -0.15) is 0 Å². The fraction of sp³-hybridized carbons (Fsp3) is 0.953. The lowest BCUT2D eigenvalue weighted by Crippen LogP contribution is -2.28. The largest absolute Gasteiger partial charge is 0.462 e. The molecule has 0 saturated heterocycles. The molecule has 0 aliphatic carbocycles. The zero-order valence-corrected chi connectivity index (χ0v) is 32.5. The second-order valence-corrected chi connectivity index (χ2v) is 14.8. The smallest absolute Gasteiger partial charge is 0.306 e. The predicted octanol–water partition coefficient (Wildman–Crippen LogP) is 13.5. The summed E-state index contributed by atoms with van der Waals surface area (Å²) < 4.78 is 10.6. The van der Waals surface area contributed by atoms with E-state index < -0.39 is 6.10 Å². The van der Waals surface area contributed by atoms with E-state index in [1.165, 1.54) is 186 Å². The van der Waals surface area contributed by atoms with Gasteiger partial charge in [0.2, 0.25) is 0 Å². The van der Waals surface area contributed by atoms with Crippen LogP contribution in [0.2, 0.25) is 0 Å². The van der Waals surface area contributed by atoms with Gasteiger partial charge in [0.15, 0.2) is 6.10 Å². The van der Waals surface area contributed by atoms with Crippen molar-refractivity contribution >= 4 is 11.9 Å². The number of unbranched alkanes of at least 4 members (excludes halogenated alkanes) is 32. The molecule has 0 aliphatic heterocycles. The molecule has 0 aliphatic rings. The highest BCUT2D eigenvalue weighted by molar-refractivity contribution is 5.70. The summed E-state index contributed by atoms with van der Waals surface area (Å²) in [5, 5.41) is 9.56. The minimum absolute atomic E-state index is 0.0566. The van der Waals surface area contributed by atoms with Crippen LogP contribution in [0.5, 0.6) is 0 Å². The van der Waals surface area contributed by atoms with E-state index >= 15 is 0 Å². The number of ether oxygens (including phenoxy) is 2. The molecule has 0 rings (SSSR count). The van der Waals surface area contributed by atoms with Crippen molar-refractivity contribution < 1.29 is 24.2 Å². The van der Waals surface area contributed by atoms with Gasteiger partial charge >= 0.3 is 11.9 Å². The first-order valence-corrected chi connectivity index (χ1v) is 21.6. The van der Waals surface area contributed by atoms with E-state index in [1.54, 1.807) is 0 Å². The van der Waals surface area contributed by atoms with E-state index in [0.717, 1.165) is 32.1 Å². The summed E-state index contributed by atoms with van der Waals surface area (Å²) in [6.07, 6.45) is 44.6. The summed E-state index contributed by atoms with van der Waals surface area (Å²) in [6.45, 7) is 4.17. The van der Waals surface area contributed by atoms with Crippen molar-refractivity contribution in [3.63, 3.8) is 0 Å². The summed E-state index contributed by atoms with van der Waals surface area (Å²) in [5.74, 6) is -0.573. The molecule has 1 atom stereocenters. The number of aliphatic hydroxyl groups excluding tert-OH is 1. The molecular formula is C43H84O5. The van der Waals surface area contributed by atoms with Gasteiger partial charge in [-0.15, -0.1) is 0 Å². The standard InChI is InChI=1S/C43H84O5/c1-3-5-7-9-11-13-15-17-18-19-20-21-22-23-24-26-27-29-31-33-35-37-42(45)47-40-41(39-44)48-43(46)38-36-34-32-30-28-25-16-14-12-10-8-6-4-2/h41,44H,3-40H2,1-2H3/t41-/m0/s1. The maximum atomic E-state index is 12.2. The van der Waals surface area contributed by atoms with Gasteiger partial charge in [-0.25, -0.2) is 0 Å².